The van der Waals surface area contributed by atoms with E-state index >= 15 is 0 Å². The van der Waals surface area contributed by atoms with Crippen LogP contribution < -0.4 is 0 Å². The molecule has 2 heterocycles. The highest BCUT2D eigenvalue weighted by atomic mass is 79.9. The Morgan fingerprint density at radius 2 is 1.00 bits per heavy atom. The second-order valence-electron chi connectivity index (χ2n) is 10.5. The first-order valence-corrected chi connectivity index (χ1v) is 16.0. The molecule has 0 N–H and O–H groups in total. The van der Waals surface area contributed by atoms with E-state index < -0.39 is 0 Å². The van der Waals surface area contributed by atoms with Crippen LogP contribution in [-0.2, 0) is 13.1 Å². The molecule has 2 atom stereocenters. The lowest BCUT2D eigenvalue weighted by Crippen LogP contribution is -2.31. The van der Waals surface area contributed by atoms with E-state index in [1.165, 1.54) is 33.4 Å². The van der Waals surface area contributed by atoms with Crippen molar-refractivity contribution in [1.29, 1.82) is 0 Å². The third-order valence-electron chi connectivity index (χ3n) is 7.49. The molecule has 6 rings (SSSR count). The number of fused-ring (bicyclic) bond motifs is 2. The highest BCUT2D eigenvalue weighted by Gasteiger charge is 2.28. The Labute approximate surface area is 273 Å². The first kappa shape index (κ1) is 30.4. The summed E-state index contributed by atoms with van der Waals surface area (Å²) in [4.78, 5) is 4.60. The summed E-state index contributed by atoms with van der Waals surface area (Å²) in [7, 11) is 4.25. The largest absolute Gasteiger partial charge is 0.301 e. The number of likely N-dealkylation sites (N-methyl/N-ethyl adjacent to an activating group) is 2. The average molecular weight is 742 g/mol. The Hall–Kier alpha value is -1.08. The molecule has 0 aliphatic carbocycles. The Morgan fingerprint density at radius 3 is 1.38 bits per heavy atom. The van der Waals surface area contributed by atoms with Crippen molar-refractivity contribution in [2.24, 2.45) is 0 Å². The minimum atomic E-state index is 0.303. The molecule has 0 radical (unpaired) electrons. The molecular weight excluding hydrogens is 714 g/mol. The average Bonchev–Trinajstić information content (AvgIpc) is 2.89. The highest BCUT2D eigenvalue weighted by molar-refractivity contribution is 9.10. The molecule has 8 heteroatoms. The zero-order valence-electron chi connectivity index (χ0n) is 22.1. The molecule has 0 spiro atoms. The van der Waals surface area contributed by atoms with Gasteiger partial charge in [0.2, 0.25) is 0 Å². The Balaban J connectivity index is 0.000000161. The lowest BCUT2D eigenvalue weighted by atomic mass is 9.85. The lowest BCUT2D eigenvalue weighted by molar-refractivity contribution is 0.295. The van der Waals surface area contributed by atoms with Crippen molar-refractivity contribution in [2.75, 3.05) is 27.2 Å². The molecule has 40 heavy (non-hydrogen) atoms. The van der Waals surface area contributed by atoms with Gasteiger partial charge in [-0.3, -0.25) is 0 Å². The first-order valence-electron chi connectivity index (χ1n) is 12.9. The van der Waals surface area contributed by atoms with E-state index in [-0.39, 0.29) is 0 Å². The Kier molecular flexibility index (Phi) is 9.92. The first-order chi connectivity index (χ1) is 19.1. The van der Waals surface area contributed by atoms with Crippen LogP contribution in [0.15, 0.2) is 81.7 Å². The molecule has 2 aliphatic heterocycles. The van der Waals surface area contributed by atoms with Crippen molar-refractivity contribution in [3.63, 3.8) is 0 Å². The zero-order chi connectivity index (χ0) is 28.6. The van der Waals surface area contributed by atoms with Gasteiger partial charge in [-0.15, -0.1) is 0 Å². The summed E-state index contributed by atoms with van der Waals surface area (Å²) >= 11 is 32.2. The Morgan fingerprint density at radius 1 is 0.600 bits per heavy atom. The summed E-state index contributed by atoms with van der Waals surface area (Å²) in [5.41, 5.74) is 7.44. The maximum absolute atomic E-state index is 6.38. The van der Waals surface area contributed by atoms with Crippen molar-refractivity contribution in [3.05, 3.63) is 135 Å². The number of rotatable bonds is 2. The lowest BCUT2D eigenvalue weighted by Gasteiger charge is -2.33. The van der Waals surface area contributed by atoms with E-state index in [2.05, 4.69) is 104 Å². The molecule has 0 amide bonds. The number of nitrogens with zero attached hydrogens (tertiary/aromatic N) is 2. The normalized spacial score (nSPS) is 18.9. The molecule has 2 aliphatic rings. The molecule has 4 aromatic carbocycles. The van der Waals surface area contributed by atoms with E-state index in [9.17, 15) is 0 Å². The van der Waals surface area contributed by atoms with Gasteiger partial charge < -0.3 is 9.80 Å². The van der Waals surface area contributed by atoms with Crippen LogP contribution >= 0.6 is 78.3 Å². The topological polar surface area (TPSA) is 6.48 Å². The summed E-state index contributed by atoms with van der Waals surface area (Å²) in [6.07, 6.45) is 0. The minimum Gasteiger partial charge on any atom is -0.301 e. The molecular formula is C32H28Br2Cl4N2. The molecule has 208 valence electrons. The zero-order valence-corrected chi connectivity index (χ0v) is 28.3. The van der Waals surface area contributed by atoms with Gasteiger partial charge in [-0.1, -0.05) is 103 Å². The van der Waals surface area contributed by atoms with Crippen LogP contribution in [0.1, 0.15) is 45.2 Å². The monoisotopic (exact) mass is 738 g/mol. The van der Waals surface area contributed by atoms with Gasteiger partial charge in [-0.05, 0) is 96.0 Å². The van der Waals surface area contributed by atoms with E-state index in [0.29, 0.717) is 21.9 Å². The van der Waals surface area contributed by atoms with Gasteiger partial charge in [0.25, 0.3) is 0 Å². The predicted octanol–water partition coefficient (Wildman–Crippen LogP) is 10.7. The van der Waals surface area contributed by atoms with Crippen LogP contribution in [0.5, 0.6) is 0 Å². The van der Waals surface area contributed by atoms with Crippen molar-refractivity contribution in [1.82, 2.24) is 9.80 Å². The predicted molar refractivity (Wildman–Crippen MR) is 178 cm³/mol. The molecule has 0 aromatic heterocycles. The van der Waals surface area contributed by atoms with Crippen LogP contribution in [0.2, 0.25) is 20.1 Å². The van der Waals surface area contributed by atoms with Gasteiger partial charge in [0, 0.05) is 67.1 Å². The van der Waals surface area contributed by atoms with E-state index in [1.54, 1.807) is 0 Å². The summed E-state index contributed by atoms with van der Waals surface area (Å²) < 4.78 is 2.19. The maximum atomic E-state index is 6.38. The van der Waals surface area contributed by atoms with Gasteiger partial charge in [0.05, 0.1) is 0 Å². The smallest absolute Gasteiger partial charge is 0.0468 e. The number of hydrogen-bond acceptors (Lipinski definition) is 2. The third kappa shape index (κ3) is 6.93. The van der Waals surface area contributed by atoms with E-state index in [4.69, 9.17) is 46.4 Å². The van der Waals surface area contributed by atoms with Crippen LogP contribution in [-0.4, -0.2) is 37.0 Å². The standard InChI is InChI=1S/2C16H14BrCl2N/c2*1-20-8-14(10-3-2-4-11(17)5-10)13-6-12(18)7-16(19)15(13)9-20/h2*2-7,14H,8-9H2,1H3/t14-;/m0./s1. The number of halogens is 6. The molecule has 0 fully saturated rings. The summed E-state index contributed by atoms with van der Waals surface area (Å²) in [6.45, 7) is 3.69. The molecule has 2 nitrogen and oxygen atoms in total. The van der Waals surface area contributed by atoms with E-state index in [1.807, 2.05) is 24.3 Å². The third-order valence-corrected chi connectivity index (χ3v) is 9.58. The van der Waals surface area contributed by atoms with Crippen molar-refractivity contribution in [2.45, 2.75) is 24.9 Å². The maximum Gasteiger partial charge on any atom is 0.0468 e. The van der Waals surface area contributed by atoms with Crippen molar-refractivity contribution < 1.29 is 0 Å². The molecule has 4 aromatic rings. The molecule has 1 unspecified atom stereocenters. The second-order valence-corrected chi connectivity index (χ2v) is 14.0. The van der Waals surface area contributed by atoms with Gasteiger partial charge in [-0.25, -0.2) is 0 Å². The quantitative estimate of drug-likeness (QED) is 0.202. The minimum absolute atomic E-state index is 0.303. The van der Waals surface area contributed by atoms with E-state index in [0.717, 1.165) is 45.2 Å². The number of hydrogen-bond donors (Lipinski definition) is 0. The fourth-order valence-corrected chi connectivity index (χ4v) is 7.68. The fraction of sp³-hybridized carbons (Fsp3) is 0.250. The van der Waals surface area contributed by atoms with Crippen LogP contribution in [0.4, 0.5) is 0 Å². The molecule has 0 bridgehead atoms. The van der Waals surface area contributed by atoms with Crippen LogP contribution in [0.25, 0.3) is 0 Å². The SMILES string of the molecule is CN1Cc2c(Cl)cc(Cl)cc2C(c2cccc(Br)c2)C1.CN1Cc2c(Cl)cc(Cl)cc2[C@H](c2cccc(Br)c2)C1. The highest BCUT2D eigenvalue weighted by Crippen LogP contribution is 2.40. The molecule has 0 saturated carbocycles. The van der Waals surface area contributed by atoms with Crippen molar-refractivity contribution in [3.8, 4) is 0 Å². The van der Waals surface area contributed by atoms with Gasteiger partial charge in [0.15, 0.2) is 0 Å². The van der Waals surface area contributed by atoms with Crippen LogP contribution in [0.3, 0.4) is 0 Å². The number of benzene rings is 4. The van der Waals surface area contributed by atoms with Gasteiger partial charge in [0.1, 0.15) is 0 Å². The van der Waals surface area contributed by atoms with Crippen molar-refractivity contribution >= 4 is 78.3 Å². The van der Waals surface area contributed by atoms with Gasteiger partial charge >= 0.3 is 0 Å². The molecule has 0 saturated heterocycles. The second kappa shape index (κ2) is 13.1. The summed E-state index contributed by atoms with van der Waals surface area (Å²) in [5.74, 6) is 0.606. The summed E-state index contributed by atoms with van der Waals surface area (Å²) in [5, 5.41) is 2.94. The van der Waals surface area contributed by atoms with Gasteiger partial charge in [-0.2, -0.15) is 0 Å². The Bertz CT molecular complexity index is 1430. The summed E-state index contributed by atoms with van der Waals surface area (Å²) in [6, 6.07) is 24.7. The van der Waals surface area contributed by atoms with Crippen LogP contribution in [0, 0.1) is 0 Å². The fourth-order valence-electron chi connectivity index (χ4n) is 5.71.